The molecule has 2 aromatic rings. The maximum Gasteiger partial charge on any atom is 0.275 e. The molecule has 1 saturated heterocycles. The molecule has 0 saturated carbocycles. The van der Waals surface area contributed by atoms with Crippen molar-refractivity contribution in [1.82, 2.24) is 25.8 Å². The Morgan fingerprint density at radius 3 is 3.04 bits per heavy atom. The Labute approximate surface area is 155 Å². The zero-order valence-corrected chi connectivity index (χ0v) is 14.7. The summed E-state index contributed by atoms with van der Waals surface area (Å²) in [4.78, 5) is 16.0. The van der Waals surface area contributed by atoms with Gasteiger partial charge in [-0.15, -0.1) is 10.2 Å². The monoisotopic (exact) mass is 369 g/mol. The van der Waals surface area contributed by atoms with Crippen LogP contribution in [0.2, 0.25) is 0 Å². The first-order chi connectivity index (χ1) is 13.2. The molecule has 3 N–H and O–H groups in total. The van der Waals surface area contributed by atoms with Crippen LogP contribution in [0.5, 0.6) is 5.75 Å². The van der Waals surface area contributed by atoms with Crippen molar-refractivity contribution in [2.24, 2.45) is 0 Å². The predicted octanol–water partition coefficient (Wildman–Crippen LogP) is 0.214. The highest BCUT2D eigenvalue weighted by Gasteiger charge is 2.19. The lowest BCUT2D eigenvalue weighted by atomic mass is 10.3. The summed E-state index contributed by atoms with van der Waals surface area (Å²) in [6, 6.07) is 6.82. The third kappa shape index (κ3) is 4.87. The Hall–Kier alpha value is -3.29. The van der Waals surface area contributed by atoms with Gasteiger partial charge in [0.2, 0.25) is 0 Å². The van der Waals surface area contributed by atoms with Gasteiger partial charge in [0.1, 0.15) is 24.5 Å². The lowest BCUT2D eigenvalue weighted by molar-refractivity contribution is -0.0000825. The number of aromatic nitrogens is 3. The number of anilines is 2. The van der Waals surface area contributed by atoms with E-state index in [0.29, 0.717) is 36.1 Å². The van der Waals surface area contributed by atoms with Crippen LogP contribution < -0.4 is 20.7 Å². The number of nitrogens with zero attached hydrogens (tertiary/aromatic N) is 4. The second-order valence-electron chi connectivity index (χ2n) is 5.70. The lowest BCUT2D eigenvalue weighted by Crippen LogP contribution is -2.41. The molecule has 0 radical (unpaired) electrons. The number of ether oxygens (including phenoxy) is 2. The average molecular weight is 369 g/mol. The van der Waals surface area contributed by atoms with E-state index in [9.17, 15) is 4.79 Å². The fourth-order valence-corrected chi connectivity index (χ4v) is 2.41. The van der Waals surface area contributed by atoms with Crippen LogP contribution in [-0.4, -0.2) is 60.5 Å². The Balaban J connectivity index is 1.76. The summed E-state index contributed by atoms with van der Waals surface area (Å²) in [7, 11) is 1.51. The lowest BCUT2D eigenvalue weighted by Gasteiger charge is -2.24. The number of hydrogen-bond donors (Lipinski definition) is 3. The molecule has 0 aliphatic carbocycles. The van der Waals surface area contributed by atoms with E-state index >= 15 is 0 Å². The van der Waals surface area contributed by atoms with Gasteiger partial charge >= 0.3 is 0 Å². The van der Waals surface area contributed by atoms with Gasteiger partial charge < -0.3 is 25.4 Å². The van der Waals surface area contributed by atoms with E-state index in [2.05, 4.69) is 31.1 Å². The fraction of sp³-hybridized carbons (Fsp3) is 0.353. The van der Waals surface area contributed by atoms with Gasteiger partial charge in [0.25, 0.3) is 5.91 Å². The molecule has 3 heterocycles. The van der Waals surface area contributed by atoms with Crippen LogP contribution in [0.1, 0.15) is 16.2 Å². The number of hydrogen-bond acceptors (Lipinski definition) is 9. The van der Waals surface area contributed by atoms with Gasteiger partial charge in [-0.2, -0.15) is 5.26 Å². The van der Waals surface area contributed by atoms with Crippen molar-refractivity contribution >= 4 is 17.4 Å². The topological polar surface area (TPSA) is 134 Å². The number of amides is 1. The second-order valence-corrected chi connectivity index (χ2v) is 5.70. The molecule has 1 atom stereocenters. The minimum atomic E-state index is -0.397. The molecule has 0 bridgehead atoms. The first-order valence-electron chi connectivity index (χ1n) is 8.37. The standard InChI is InChI=1S/C17H19N7O3/c1-19-17(25)16-14(27-10-13-9-20-4-5-26-13)6-15(23-24-16)22-12-3-2-11(7-18)21-8-12/h2-3,6,8,13,20H,4-5,9-10H2,1H3,(H,19,25)(H,22,23)/t13-/m1/s1. The third-order valence-electron chi connectivity index (χ3n) is 3.78. The van der Waals surface area contributed by atoms with Gasteiger partial charge in [-0.25, -0.2) is 4.98 Å². The molecule has 27 heavy (non-hydrogen) atoms. The van der Waals surface area contributed by atoms with Crippen molar-refractivity contribution < 1.29 is 14.3 Å². The van der Waals surface area contributed by atoms with Gasteiger partial charge in [0.05, 0.1) is 18.5 Å². The van der Waals surface area contributed by atoms with Crippen LogP contribution in [0.3, 0.4) is 0 Å². The molecule has 10 heteroatoms. The highest BCUT2D eigenvalue weighted by Crippen LogP contribution is 2.22. The first kappa shape index (κ1) is 18.5. The number of morpholine rings is 1. The van der Waals surface area contributed by atoms with Crippen molar-refractivity contribution in [2.45, 2.75) is 6.10 Å². The van der Waals surface area contributed by atoms with Gasteiger partial charge in [-0.1, -0.05) is 0 Å². The molecule has 10 nitrogen and oxygen atoms in total. The van der Waals surface area contributed by atoms with E-state index in [1.807, 2.05) is 6.07 Å². The van der Waals surface area contributed by atoms with Crippen LogP contribution in [0.4, 0.5) is 11.5 Å². The summed E-state index contributed by atoms with van der Waals surface area (Å²) in [6.45, 7) is 2.38. The van der Waals surface area contributed by atoms with Gasteiger partial charge in [0, 0.05) is 26.2 Å². The van der Waals surface area contributed by atoms with Gasteiger partial charge in [-0.3, -0.25) is 4.79 Å². The number of rotatable bonds is 6. The second kappa shape index (κ2) is 8.88. The molecule has 3 rings (SSSR count). The van der Waals surface area contributed by atoms with Crippen LogP contribution in [-0.2, 0) is 4.74 Å². The van der Waals surface area contributed by atoms with Gasteiger partial charge in [0.15, 0.2) is 17.3 Å². The molecular formula is C17H19N7O3. The largest absolute Gasteiger partial charge is 0.488 e. The van der Waals surface area contributed by atoms with E-state index in [4.69, 9.17) is 14.7 Å². The summed E-state index contributed by atoms with van der Waals surface area (Å²) < 4.78 is 11.4. The van der Waals surface area contributed by atoms with E-state index < -0.39 is 5.91 Å². The summed E-state index contributed by atoms with van der Waals surface area (Å²) in [5.41, 5.74) is 1.03. The van der Waals surface area contributed by atoms with Crippen molar-refractivity contribution in [3.63, 3.8) is 0 Å². The predicted molar refractivity (Wildman–Crippen MR) is 95.8 cm³/mol. The summed E-state index contributed by atoms with van der Waals surface area (Å²) >= 11 is 0. The van der Waals surface area contributed by atoms with Crippen LogP contribution in [0, 0.1) is 11.3 Å². The molecule has 1 fully saturated rings. The summed E-state index contributed by atoms with van der Waals surface area (Å²) in [6.07, 6.45) is 1.40. The maximum atomic E-state index is 12.0. The quantitative estimate of drug-likeness (QED) is 0.653. The number of pyridine rings is 1. The molecule has 1 aliphatic rings. The van der Waals surface area contributed by atoms with E-state index in [1.165, 1.54) is 13.2 Å². The molecule has 1 aliphatic heterocycles. The number of carbonyl (C=O) groups is 1. The number of nitrogens with one attached hydrogen (secondary N) is 3. The molecule has 0 unspecified atom stereocenters. The molecule has 0 spiro atoms. The minimum absolute atomic E-state index is 0.0878. The molecular weight excluding hydrogens is 350 g/mol. The zero-order valence-electron chi connectivity index (χ0n) is 14.7. The molecule has 2 aromatic heterocycles. The Kier molecular flexibility index (Phi) is 6.09. The molecule has 1 amide bonds. The van der Waals surface area contributed by atoms with Crippen molar-refractivity contribution in [2.75, 3.05) is 38.7 Å². The van der Waals surface area contributed by atoms with Crippen molar-refractivity contribution in [3.8, 4) is 11.8 Å². The van der Waals surface area contributed by atoms with Crippen molar-refractivity contribution in [1.29, 1.82) is 5.26 Å². The molecule has 140 valence electrons. The van der Waals surface area contributed by atoms with Crippen LogP contribution in [0.15, 0.2) is 24.4 Å². The van der Waals surface area contributed by atoms with Crippen molar-refractivity contribution in [3.05, 3.63) is 35.8 Å². The average Bonchev–Trinajstić information content (AvgIpc) is 2.73. The normalized spacial score (nSPS) is 16.2. The smallest absolute Gasteiger partial charge is 0.275 e. The summed E-state index contributed by atoms with van der Waals surface area (Å²) in [5, 5.41) is 25.5. The van der Waals surface area contributed by atoms with E-state index in [1.54, 1.807) is 18.2 Å². The Morgan fingerprint density at radius 1 is 1.48 bits per heavy atom. The fourth-order valence-electron chi connectivity index (χ4n) is 2.41. The number of carbonyl (C=O) groups excluding carboxylic acids is 1. The SMILES string of the molecule is CNC(=O)c1nnc(Nc2ccc(C#N)nc2)cc1OC[C@H]1CNCCO1. The van der Waals surface area contributed by atoms with Crippen LogP contribution >= 0.6 is 0 Å². The zero-order chi connectivity index (χ0) is 19.1. The highest BCUT2D eigenvalue weighted by atomic mass is 16.5. The molecule has 0 aromatic carbocycles. The van der Waals surface area contributed by atoms with E-state index in [-0.39, 0.29) is 18.4 Å². The minimum Gasteiger partial charge on any atom is -0.488 e. The highest BCUT2D eigenvalue weighted by molar-refractivity contribution is 5.94. The van der Waals surface area contributed by atoms with Gasteiger partial charge in [-0.05, 0) is 12.1 Å². The van der Waals surface area contributed by atoms with Crippen LogP contribution in [0.25, 0.3) is 0 Å². The third-order valence-corrected chi connectivity index (χ3v) is 3.78. The van der Waals surface area contributed by atoms with E-state index in [0.717, 1.165) is 6.54 Å². The Bertz CT molecular complexity index is 829. The Morgan fingerprint density at radius 2 is 2.37 bits per heavy atom. The summed E-state index contributed by atoms with van der Waals surface area (Å²) in [5.74, 6) is 0.279. The number of nitriles is 1. The maximum absolute atomic E-state index is 12.0. The first-order valence-corrected chi connectivity index (χ1v) is 8.37.